The van der Waals surface area contributed by atoms with E-state index in [1.165, 1.54) is 25.3 Å². The largest absolute Gasteiger partial charge is 0.495 e. The van der Waals surface area contributed by atoms with Gasteiger partial charge in [0, 0.05) is 6.04 Å². The second kappa shape index (κ2) is 7.11. The minimum Gasteiger partial charge on any atom is -0.495 e. The molecule has 122 valence electrons. The van der Waals surface area contributed by atoms with Crippen LogP contribution in [0.25, 0.3) is 0 Å². The van der Waals surface area contributed by atoms with Gasteiger partial charge in [0.15, 0.2) is 0 Å². The standard InChI is InChI=1S/C15H21NO5S/c1-3-4-9-21-15(17)11-5-8-13(20-2)14(10-11)22(18,19)16-12-6-7-12/h5,8,10,12,16H,3-4,6-7,9H2,1-2H3. The van der Waals surface area contributed by atoms with Crippen LogP contribution >= 0.6 is 0 Å². The predicted octanol–water partition coefficient (Wildman–Crippen LogP) is 2.09. The zero-order chi connectivity index (χ0) is 16.2. The van der Waals surface area contributed by atoms with Crippen molar-refractivity contribution < 1.29 is 22.7 Å². The third kappa shape index (κ3) is 4.20. The van der Waals surface area contributed by atoms with Crippen molar-refractivity contribution in [2.45, 2.75) is 43.5 Å². The van der Waals surface area contributed by atoms with Gasteiger partial charge in [-0.1, -0.05) is 13.3 Å². The van der Waals surface area contributed by atoms with Crippen molar-refractivity contribution in [3.8, 4) is 5.75 Å². The van der Waals surface area contributed by atoms with Crippen LogP contribution in [0.4, 0.5) is 0 Å². The van der Waals surface area contributed by atoms with E-state index in [1.54, 1.807) is 0 Å². The van der Waals surface area contributed by atoms with Crippen LogP contribution in [-0.2, 0) is 14.8 Å². The molecule has 1 saturated carbocycles. The normalized spacial score (nSPS) is 14.6. The van der Waals surface area contributed by atoms with Gasteiger partial charge in [-0.25, -0.2) is 17.9 Å². The fourth-order valence-corrected chi connectivity index (χ4v) is 3.39. The molecule has 0 unspecified atom stereocenters. The van der Waals surface area contributed by atoms with E-state index >= 15 is 0 Å². The van der Waals surface area contributed by atoms with E-state index in [1.807, 2.05) is 6.92 Å². The molecule has 0 bridgehead atoms. The molecule has 0 saturated heterocycles. The van der Waals surface area contributed by atoms with Gasteiger partial charge in [0.2, 0.25) is 10.0 Å². The smallest absolute Gasteiger partial charge is 0.338 e. The van der Waals surface area contributed by atoms with Crippen molar-refractivity contribution in [1.82, 2.24) is 4.72 Å². The van der Waals surface area contributed by atoms with Crippen LogP contribution in [0.5, 0.6) is 5.75 Å². The molecule has 1 aromatic carbocycles. The van der Waals surface area contributed by atoms with Crippen molar-refractivity contribution in [3.63, 3.8) is 0 Å². The Balaban J connectivity index is 2.23. The number of rotatable bonds is 8. The van der Waals surface area contributed by atoms with Gasteiger partial charge in [-0.3, -0.25) is 0 Å². The molecule has 1 aliphatic rings. The molecule has 7 heteroatoms. The number of hydrogen-bond donors (Lipinski definition) is 1. The number of nitrogens with one attached hydrogen (secondary N) is 1. The first-order valence-corrected chi connectivity index (χ1v) is 8.83. The first kappa shape index (κ1) is 16.8. The monoisotopic (exact) mass is 327 g/mol. The first-order chi connectivity index (χ1) is 10.5. The van der Waals surface area contributed by atoms with Gasteiger partial charge < -0.3 is 9.47 Å². The Morgan fingerprint density at radius 2 is 2.09 bits per heavy atom. The minimum absolute atomic E-state index is 0.0186. The number of esters is 1. The van der Waals surface area contributed by atoms with E-state index in [9.17, 15) is 13.2 Å². The highest BCUT2D eigenvalue weighted by Gasteiger charge is 2.30. The van der Waals surface area contributed by atoms with Crippen molar-refractivity contribution in [2.75, 3.05) is 13.7 Å². The summed E-state index contributed by atoms with van der Waals surface area (Å²) in [6.07, 6.45) is 3.36. The van der Waals surface area contributed by atoms with Crippen LogP contribution in [0.15, 0.2) is 23.1 Å². The number of unbranched alkanes of at least 4 members (excludes halogenated alkanes) is 1. The summed E-state index contributed by atoms with van der Waals surface area (Å²) in [5, 5.41) is 0. The first-order valence-electron chi connectivity index (χ1n) is 7.35. The Morgan fingerprint density at radius 1 is 1.36 bits per heavy atom. The zero-order valence-electron chi connectivity index (χ0n) is 12.8. The molecule has 0 aliphatic heterocycles. The van der Waals surface area contributed by atoms with Crippen molar-refractivity contribution in [2.24, 2.45) is 0 Å². The zero-order valence-corrected chi connectivity index (χ0v) is 13.6. The molecule has 2 rings (SSSR count). The summed E-state index contributed by atoms with van der Waals surface area (Å²) < 4.78 is 37.5. The summed E-state index contributed by atoms with van der Waals surface area (Å²) in [7, 11) is -2.31. The lowest BCUT2D eigenvalue weighted by molar-refractivity contribution is 0.0499. The number of methoxy groups -OCH3 is 1. The molecule has 1 N–H and O–H groups in total. The van der Waals surface area contributed by atoms with Gasteiger partial charge in [0.1, 0.15) is 10.6 Å². The Hall–Kier alpha value is -1.60. The average Bonchev–Trinajstić information content (AvgIpc) is 3.30. The maximum absolute atomic E-state index is 12.4. The Bertz CT molecular complexity index is 637. The van der Waals surface area contributed by atoms with Gasteiger partial charge in [-0.05, 0) is 37.5 Å². The summed E-state index contributed by atoms with van der Waals surface area (Å²) in [6, 6.07) is 4.26. The molecule has 1 aliphatic carbocycles. The number of sulfonamides is 1. The summed E-state index contributed by atoms with van der Waals surface area (Å²) in [5.74, 6) is -0.322. The lowest BCUT2D eigenvalue weighted by Crippen LogP contribution is -2.26. The van der Waals surface area contributed by atoms with Crippen LogP contribution in [-0.4, -0.2) is 34.1 Å². The average molecular weight is 327 g/mol. The fraction of sp³-hybridized carbons (Fsp3) is 0.533. The number of carbonyl (C=O) groups is 1. The number of ether oxygens (including phenoxy) is 2. The lowest BCUT2D eigenvalue weighted by Gasteiger charge is -2.12. The maximum atomic E-state index is 12.4. The van der Waals surface area contributed by atoms with Gasteiger partial charge in [0.25, 0.3) is 0 Å². The molecule has 0 aromatic heterocycles. The minimum atomic E-state index is -3.70. The molecule has 1 aromatic rings. The number of carbonyl (C=O) groups excluding carboxylic acids is 1. The molecule has 6 nitrogen and oxygen atoms in total. The van der Waals surface area contributed by atoms with Crippen LogP contribution < -0.4 is 9.46 Å². The van der Waals surface area contributed by atoms with Crippen LogP contribution in [0.1, 0.15) is 43.0 Å². The molecular formula is C15H21NO5S. The van der Waals surface area contributed by atoms with E-state index < -0.39 is 16.0 Å². The summed E-state index contributed by atoms with van der Waals surface area (Å²) in [5.41, 5.74) is 0.202. The highest BCUT2D eigenvalue weighted by Crippen LogP contribution is 2.28. The Morgan fingerprint density at radius 3 is 2.68 bits per heavy atom. The van der Waals surface area contributed by atoms with E-state index in [-0.39, 0.29) is 22.3 Å². The SMILES string of the molecule is CCCCOC(=O)c1ccc(OC)c(S(=O)(=O)NC2CC2)c1. The summed E-state index contributed by atoms with van der Waals surface area (Å²) in [6.45, 7) is 2.32. The third-order valence-electron chi connectivity index (χ3n) is 3.32. The predicted molar refractivity (Wildman–Crippen MR) is 81.5 cm³/mol. The van der Waals surface area contributed by atoms with Gasteiger partial charge in [-0.15, -0.1) is 0 Å². The summed E-state index contributed by atoms with van der Waals surface area (Å²) in [4.78, 5) is 11.9. The quantitative estimate of drug-likeness (QED) is 0.584. The lowest BCUT2D eigenvalue weighted by atomic mass is 10.2. The Labute approximate surface area is 130 Å². The fourth-order valence-electron chi connectivity index (χ4n) is 1.89. The van der Waals surface area contributed by atoms with Gasteiger partial charge >= 0.3 is 5.97 Å². The third-order valence-corrected chi connectivity index (χ3v) is 4.86. The summed E-state index contributed by atoms with van der Waals surface area (Å²) >= 11 is 0. The van der Waals surface area contributed by atoms with Crippen molar-refractivity contribution in [3.05, 3.63) is 23.8 Å². The highest BCUT2D eigenvalue weighted by atomic mass is 32.2. The molecule has 1 fully saturated rings. The van der Waals surface area contributed by atoms with Crippen LogP contribution in [0.2, 0.25) is 0 Å². The molecule has 22 heavy (non-hydrogen) atoms. The topological polar surface area (TPSA) is 81.7 Å². The van der Waals surface area contributed by atoms with E-state index in [4.69, 9.17) is 9.47 Å². The van der Waals surface area contributed by atoms with Crippen molar-refractivity contribution >= 4 is 16.0 Å². The second-order valence-corrected chi connectivity index (χ2v) is 6.93. The highest BCUT2D eigenvalue weighted by molar-refractivity contribution is 7.89. The maximum Gasteiger partial charge on any atom is 0.338 e. The molecule has 0 amide bonds. The van der Waals surface area contributed by atoms with Gasteiger partial charge in [0.05, 0.1) is 19.3 Å². The van der Waals surface area contributed by atoms with E-state index in [0.717, 1.165) is 25.7 Å². The van der Waals surface area contributed by atoms with E-state index in [0.29, 0.717) is 6.61 Å². The molecule has 0 atom stereocenters. The van der Waals surface area contributed by atoms with Crippen LogP contribution in [0.3, 0.4) is 0 Å². The van der Waals surface area contributed by atoms with Gasteiger partial charge in [-0.2, -0.15) is 0 Å². The molecule has 0 spiro atoms. The number of benzene rings is 1. The molecule has 0 radical (unpaired) electrons. The van der Waals surface area contributed by atoms with Crippen molar-refractivity contribution in [1.29, 1.82) is 0 Å². The molecule has 0 heterocycles. The second-order valence-electron chi connectivity index (χ2n) is 5.25. The number of hydrogen-bond acceptors (Lipinski definition) is 5. The van der Waals surface area contributed by atoms with E-state index in [2.05, 4.69) is 4.72 Å². The Kier molecular flexibility index (Phi) is 5.42. The van der Waals surface area contributed by atoms with Crippen LogP contribution in [0, 0.1) is 0 Å². The molecular weight excluding hydrogens is 306 g/mol.